The minimum absolute atomic E-state index is 0.106. The van der Waals surface area contributed by atoms with E-state index in [1.807, 2.05) is 52.7 Å². The highest BCUT2D eigenvalue weighted by atomic mass is 32.2. The Hall–Kier alpha value is -1.66. The van der Waals surface area contributed by atoms with Crippen molar-refractivity contribution in [2.24, 2.45) is 0 Å². The summed E-state index contributed by atoms with van der Waals surface area (Å²) in [4.78, 5) is 17.1. The third-order valence-corrected chi connectivity index (χ3v) is 8.13. The van der Waals surface area contributed by atoms with Gasteiger partial charge in [-0.15, -0.1) is 23.5 Å². The van der Waals surface area contributed by atoms with Gasteiger partial charge in [0.2, 0.25) is 0 Å². The van der Waals surface area contributed by atoms with Crippen LogP contribution in [0.25, 0.3) is 0 Å². The van der Waals surface area contributed by atoms with Crippen LogP contribution in [0, 0.1) is 5.82 Å². The number of amides is 1. The number of nitrogens with zero attached hydrogens (tertiary/aromatic N) is 2. The van der Waals surface area contributed by atoms with Crippen molar-refractivity contribution in [1.29, 1.82) is 0 Å². The van der Waals surface area contributed by atoms with Crippen LogP contribution in [0.4, 0.5) is 10.1 Å². The van der Waals surface area contributed by atoms with E-state index in [1.54, 1.807) is 0 Å². The van der Waals surface area contributed by atoms with Gasteiger partial charge in [0, 0.05) is 48.9 Å². The first-order valence-corrected chi connectivity index (χ1v) is 11.4. The van der Waals surface area contributed by atoms with Gasteiger partial charge in [-0.3, -0.25) is 4.79 Å². The third kappa shape index (κ3) is 4.43. The van der Waals surface area contributed by atoms with Crippen molar-refractivity contribution in [1.82, 2.24) is 4.90 Å². The van der Waals surface area contributed by atoms with E-state index < -0.39 is 0 Å². The van der Waals surface area contributed by atoms with E-state index in [0.717, 1.165) is 37.3 Å². The molecule has 0 N–H and O–H groups in total. The molecule has 2 fully saturated rings. The molecule has 2 aliphatic heterocycles. The van der Waals surface area contributed by atoms with Crippen molar-refractivity contribution in [3.8, 4) is 0 Å². The van der Waals surface area contributed by atoms with E-state index in [9.17, 15) is 9.18 Å². The quantitative estimate of drug-likeness (QED) is 0.745. The van der Waals surface area contributed by atoms with Crippen LogP contribution in [0.15, 0.2) is 48.5 Å². The van der Waals surface area contributed by atoms with Gasteiger partial charge in [-0.2, -0.15) is 0 Å². The summed E-state index contributed by atoms with van der Waals surface area (Å²) >= 11 is 3.96. The summed E-state index contributed by atoms with van der Waals surface area (Å²) in [7, 11) is 0. The van der Waals surface area contributed by atoms with Crippen LogP contribution in [-0.4, -0.2) is 48.5 Å². The molecule has 0 radical (unpaired) electrons. The first kappa shape index (κ1) is 18.7. The maximum Gasteiger partial charge on any atom is 0.253 e. The second-order valence-corrected chi connectivity index (χ2v) is 9.53. The SMILES string of the molecule is O=C(c1ccc(C2SCCS2)cc1)N1CCCN(c2ccc(F)cc2)CC1. The molecule has 6 heteroatoms. The summed E-state index contributed by atoms with van der Waals surface area (Å²) in [6.07, 6.45) is 0.913. The maximum atomic E-state index is 13.1. The Morgan fingerprint density at radius 1 is 0.889 bits per heavy atom. The number of rotatable bonds is 3. The zero-order valence-corrected chi connectivity index (χ0v) is 16.8. The summed E-state index contributed by atoms with van der Waals surface area (Å²) < 4.78 is 13.7. The molecule has 0 atom stereocenters. The summed E-state index contributed by atoms with van der Waals surface area (Å²) in [5.74, 6) is 2.29. The fraction of sp³-hybridized carbons (Fsp3) is 0.381. The molecule has 2 heterocycles. The molecule has 142 valence electrons. The monoisotopic (exact) mass is 402 g/mol. The van der Waals surface area contributed by atoms with E-state index in [0.29, 0.717) is 11.1 Å². The molecule has 3 nitrogen and oxygen atoms in total. The highest BCUT2D eigenvalue weighted by Gasteiger charge is 2.22. The fourth-order valence-corrected chi connectivity index (χ4v) is 6.41. The molecule has 27 heavy (non-hydrogen) atoms. The van der Waals surface area contributed by atoms with Crippen LogP contribution in [0.1, 0.15) is 26.9 Å². The number of hydrogen-bond acceptors (Lipinski definition) is 4. The van der Waals surface area contributed by atoms with Gasteiger partial charge in [-0.05, 0) is 48.4 Å². The van der Waals surface area contributed by atoms with Gasteiger partial charge in [0.05, 0.1) is 4.58 Å². The smallest absolute Gasteiger partial charge is 0.253 e. The van der Waals surface area contributed by atoms with Gasteiger partial charge < -0.3 is 9.80 Å². The Morgan fingerprint density at radius 2 is 1.59 bits per heavy atom. The standard InChI is InChI=1S/C21H23FN2OS2/c22-18-6-8-19(9-7-18)23-10-1-11-24(13-12-23)20(25)16-2-4-17(5-3-16)21-26-14-15-27-21/h2-9,21H,1,10-15H2. The van der Waals surface area contributed by atoms with Crippen LogP contribution in [0.2, 0.25) is 0 Å². The van der Waals surface area contributed by atoms with Gasteiger partial charge in [0.15, 0.2) is 0 Å². The molecular weight excluding hydrogens is 379 g/mol. The first-order valence-electron chi connectivity index (χ1n) is 9.34. The molecule has 2 aromatic carbocycles. The Bertz CT molecular complexity index is 776. The van der Waals surface area contributed by atoms with Gasteiger partial charge in [0.25, 0.3) is 5.91 Å². The lowest BCUT2D eigenvalue weighted by Gasteiger charge is -2.24. The van der Waals surface area contributed by atoms with Crippen LogP contribution >= 0.6 is 23.5 Å². The number of benzene rings is 2. The number of hydrogen-bond donors (Lipinski definition) is 0. The molecular formula is C21H23FN2OS2. The van der Waals surface area contributed by atoms with Crippen molar-refractivity contribution in [2.75, 3.05) is 42.6 Å². The molecule has 2 saturated heterocycles. The molecule has 2 aromatic rings. The van der Waals surface area contributed by atoms with Crippen molar-refractivity contribution >= 4 is 35.1 Å². The number of thioether (sulfide) groups is 2. The number of carbonyl (C=O) groups is 1. The molecule has 0 aromatic heterocycles. The Labute approximate surface area is 168 Å². The average Bonchev–Trinajstić information content (AvgIpc) is 3.13. The molecule has 4 rings (SSSR count). The van der Waals surface area contributed by atoms with Gasteiger partial charge >= 0.3 is 0 Å². The van der Waals surface area contributed by atoms with Crippen molar-refractivity contribution in [2.45, 2.75) is 11.0 Å². The summed E-state index contributed by atoms with van der Waals surface area (Å²) in [6.45, 7) is 3.09. The molecule has 0 aliphatic carbocycles. The zero-order valence-electron chi connectivity index (χ0n) is 15.1. The molecule has 2 aliphatic rings. The first-order chi connectivity index (χ1) is 13.2. The molecule has 1 amide bonds. The minimum atomic E-state index is -0.219. The fourth-order valence-electron chi connectivity index (χ4n) is 3.55. The largest absolute Gasteiger partial charge is 0.370 e. The lowest BCUT2D eigenvalue weighted by atomic mass is 10.1. The Kier molecular flexibility index (Phi) is 5.93. The van der Waals surface area contributed by atoms with E-state index in [4.69, 9.17) is 0 Å². The predicted molar refractivity (Wildman–Crippen MR) is 113 cm³/mol. The second kappa shape index (κ2) is 8.57. The highest BCUT2D eigenvalue weighted by molar-refractivity contribution is 8.19. The van der Waals surface area contributed by atoms with Crippen molar-refractivity contribution in [3.63, 3.8) is 0 Å². The maximum absolute atomic E-state index is 13.1. The summed E-state index contributed by atoms with van der Waals surface area (Å²) in [5, 5.41) is 0. The van der Waals surface area contributed by atoms with Crippen molar-refractivity contribution in [3.05, 3.63) is 65.5 Å². The summed E-state index contributed by atoms with van der Waals surface area (Å²) in [5.41, 5.74) is 3.08. The normalized spacial score (nSPS) is 18.6. The van der Waals surface area contributed by atoms with E-state index in [-0.39, 0.29) is 11.7 Å². The van der Waals surface area contributed by atoms with Crippen LogP contribution < -0.4 is 4.90 Å². The van der Waals surface area contributed by atoms with E-state index >= 15 is 0 Å². The number of anilines is 1. The summed E-state index contributed by atoms with van der Waals surface area (Å²) in [6, 6.07) is 14.8. The van der Waals surface area contributed by atoms with Gasteiger partial charge in [-0.1, -0.05) is 12.1 Å². The Morgan fingerprint density at radius 3 is 2.30 bits per heavy atom. The van der Waals surface area contributed by atoms with Gasteiger partial charge in [0.1, 0.15) is 5.82 Å². The number of halogens is 1. The lowest BCUT2D eigenvalue weighted by Crippen LogP contribution is -2.35. The van der Waals surface area contributed by atoms with Crippen LogP contribution in [-0.2, 0) is 0 Å². The minimum Gasteiger partial charge on any atom is -0.370 e. The highest BCUT2D eigenvalue weighted by Crippen LogP contribution is 2.45. The topological polar surface area (TPSA) is 23.6 Å². The Balaban J connectivity index is 1.39. The van der Waals surface area contributed by atoms with Crippen LogP contribution in [0.5, 0.6) is 0 Å². The molecule has 0 unspecified atom stereocenters. The average molecular weight is 403 g/mol. The molecule has 0 bridgehead atoms. The van der Waals surface area contributed by atoms with Crippen LogP contribution in [0.3, 0.4) is 0 Å². The lowest BCUT2D eigenvalue weighted by molar-refractivity contribution is 0.0767. The predicted octanol–water partition coefficient (Wildman–Crippen LogP) is 4.66. The zero-order chi connectivity index (χ0) is 18.6. The third-order valence-electron chi connectivity index (χ3n) is 5.03. The van der Waals surface area contributed by atoms with E-state index in [1.165, 1.54) is 29.2 Å². The van der Waals surface area contributed by atoms with Crippen molar-refractivity contribution < 1.29 is 9.18 Å². The molecule has 0 spiro atoms. The molecule has 0 saturated carbocycles. The van der Waals surface area contributed by atoms with E-state index in [2.05, 4.69) is 17.0 Å². The second-order valence-electron chi connectivity index (χ2n) is 6.80. The van der Waals surface area contributed by atoms with Gasteiger partial charge in [-0.25, -0.2) is 4.39 Å². The number of carbonyl (C=O) groups excluding carboxylic acids is 1.